The molecule has 142 valence electrons. The number of carbonyl (C=O) groups is 2. The summed E-state index contributed by atoms with van der Waals surface area (Å²) in [4.78, 5) is 23.6. The SMILES string of the molecule is N#Cc1ccc(OC(=O)CCCCCCC(=O)Oc2ccc(C#N)cc2)cc1. The van der Waals surface area contributed by atoms with Gasteiger partial charge in [-0.15, -0.1) is 0 Å². The summed E-state index contributed by atoms with van der Waals surface area (Å²) in [6.07, 6.45) is 3.59. The van der Waals surface area contributed by atoms with Gasteiger partial charge in [-0.25, -0.2) is 0 Å². The molecule has 2 aromatic rings. The van der Waals surface area contributed by atoms with E-state index in [-0.39, 0.29) is 11.9 Å². The number of hydrogen-bond acceptors (Lipinski definition) is 6. The number of benzene rings is 2. The van der Waals surface area contributed by atoms with E-state index < -0.39 is 0 Å². The Morgan fingerprint density at radius 1 is 0.643 bits per heavy atom. The summed E-state index contributed by atoms with van der Waals surface area (Å²) in [7, 11) is 0. The van der Waals surface area contributed by atoms with Crippen LogP contribution in [0.15, 0.2) is 48.5 Å². The van der Waals surface area contributed by atoms with Crippen LogP contribution in [0.4, 0.5) is 0 Å². The van der Waals surface area contributed by atoms with Gasteiger partial charge in [-0.1, -0.05) is 12.8 Å². The van der Waals surface area contributed by atoms with Crippen molar-refractivity contribution in [2.45, 2.75) is 38.5 Å². The van der Waals surface area contributed by atoms with Crippen LogP contribution in [0.2, 0.25) is 0 Å². The van der Waals surface area contributed by atoms with E-state index in [0.29, 0.717) is 48.3 Å². The molecular formula is C22H20N2O4. The quantitative estimate of drug-likeness (QED) is 0.368. The van der Waals surface area contributed by atoms with E-state index in [0.717, 1.165) is 12.8 Å². The van der Waals surface area contributed by atoms with Crippen LogP contribution in [0.25, 0.3) is 0 Å². The molecule has 2 rings (SSSR count). The van der Waals surface area contributed by atoms with Gasteiger partial charge in [0.05, 0.1) is 23.3 Å². The van der Waals surface area contributed by atoms with E-state index in [1.165, 1.54) is 0 Å². The van der Waals surface area contributed by atoms with Crippen molar-refractivity contribution in [3.8, 4) is 23.6 Å². The van der Waals surface area contributed by atoms with Crippen molar-refractivity contribution in [2.24, 2.45) is 0 Å². The van der Waals surface area contributed by atoms with Gasteiger partial charge in [-0.05, 0) is 61.4 Å². The normalized spacial score (nSPS) is 9.79. The average molecular weight is 376 g/mol. The Hall–Kier alpha value is -3.64. The first kappa shape index (κ1) is 20.7. The molecule has 0 aliphatic heterocycles. The number of nitrogens with zero attached hydrogens (tertiary/aromatic N) is 2. The van der Waals surface area contributed by atoms with Crippen LogP contribution in [-0.4, -0.2) is 11.9 Å². The minimum Gasteiger partial charge on any atom is -0.427 e. The molecule has 0 bridgehead atoms. The maximum Gasteiger partial charge on any atom is 0.311 e. The molecule has 0 fully saturated rings. The Balaban J connectivity index is 1.55. The number of ether oxygens (including phenoxy) is 2. The summed E-state index contributed by atoms with van der Waals surface area (Å²) in [5, 5.41) is 17.5. The number of carbonyl (C=O) groups excluding carboxylic acids is 2. The first-order valence-electron chi connectivity index (χ1n) is 9.02. The van der Waals surface area contributed by atoms with E-state index in [1.807, 2.05) is 12.1 Å². The molecule has 0 saturated heterocycles. The van der Waals surface area contributed by atoms with Crippen LogP contribution in [0.3, 0.4) is 0 Å². The zero-order valence-corrected chi connectivity index (χ0v) is 15.4. The molecule has 2 aromatic carbocycles. The van der Waals surface area contributed by atoms with E-state index in [2.05, 4.69) is 0 Å². The first-order valence-corrected chi connectivity index (χ1v) is 9.02. The van der Waals surface area contributed by atoms with E-state index in [9.17, 15) is 9.59 Å². The summed E-state index contributed by atoms with van der Waals surface area (Å²) >= 11 is 0. The molecule has 0 heterocycles. The minimum absolute atomic E-state index is 0.301. The third kappa shape index (κ3) is 7.31. The fraction of sp³-hybridized carbons (Fsp3) is 0.273. The Kier molecular flexibility index (Phi) is 8.23. The summed E-state index contributed by atoms with van der Waals surface area (Å²) in [6.45, 7) is 0. The van der Waals surface area contributed by atoms with Crippen molar-refractivity contribution in [1.29, 1.82) is 10.5 Å². The molecular weight excluding hydrogens is 356 g/mol. The maximum absolute atomic E-state index is 11.8. The van der Waals surface area contributed by atoms with E-state index in [1.54, 1.807) is 48.5 Å². The van der Waals surface area contributed by atoms with Crippen LogP contribution in [0.5, 0.6) is 11.5 Å². The molecule has 0 radical (unpaired) electrons. The Morgan fingerprint density at radius 3 is 1.32 bits per heavy atom. The molecule has 0 spiro atoms. The second-order valence-corrected chi connectivity index (χ2v) is 6.13. The summed E-state index contributed by atoms with van der Waals surface area (Å²) in [5.41, 5.74) is 1.02. The van der Waals surface area contributed by atoms with Gasteiger partial charge in [0.1, 0.15) is 11.5 Å². The lowest BCUT2D eigenvalue weighted by atomic mass is 10.1. The van der Waals surface area contributed by atoms with Crippen LogP contribution in [-0.2, 0) is 9.59 Å². The fourth-order valence-electron chi connectivity index (χ4n) is 2.45. The highest BCUT2D eigenvalue weighted by Gasteiger charge is 2.07. The van der Waals surface area contributed by atoms with Gasteiger partial charge in [0.25, 0.3) is 0 Å². The predicted octanol–water partition coefficient (Wildman–Crippen LogP) is 4.28. The van der Waals surface area contributed by atoms with Gasteiger partial charge in [0, 0.05) is 12.8 Å². The Labute approximate surface area is 163 Å². The van der Waals surface area contributed by atoms with Crippen LogP contribution >= 0.6 is 0 Å². The second kappa shape index (κ2) is 11.2. The molecule has 0 aliphatic rings. The number of hydrogen-bond donors (Lipinski definition) is 0. The third-order valence-corrected chi connectivity index (χ3v) is 3.94. The largest absolute Gasteiger partial charge is 0.427 e. The van der Waals surface area contributed by atoms with Gasteiger partial charge >= 0.3 is 11.9 Å². The predicted molar refractivity (Wildman–Crippen MR) is 101 cm³/mol. The number of rotatable bonds is 9. The molecule has 0 aromatic heterocycles. The number of unbranched alkanes of at least 4 members (excludes halogenated alkanes) is 3. The molecule has 0 aliphatic carbocycles. The van der Waals surface area contributed by atoms with Gasteiger partial charge in [-0.3, -0.25) is 9.59 Å². The lowest BCUT2D eigenvalue weighted by Gasteiger charge is -2.05. The lowest BCUT2D eigenvalue weighted by molar-refractivity contribution is -0.135. The monoisotopic (exact) mass is 376 g/mol. The summed E-state index contributed by atoms with van der Waals surface area (Å²) in [5.74, 6) is 0.221. The maximum atomic E-state index is 11.8. The molecule has 6 nitrogen and oxygen atoms in total. The van der Waals surface area contributed by atoms with Gasteiger partial charge in [-0.2, -0.15) is 10.5 Å². The van der Waals surface area contributed by atoms with E-state index in [4.69, 9.17) is 20.0 Å². The van der Waals surface area contributed by atoms with Crippen molar-refractivity contribution in [1.82, 2.24) is 0 Å². The van der Waals surface area contributed by atoms with Crippen molar-refractivity contribution in [2.75, 3.05) is 0 Å². The first-order chi connectivity index (χ1) is 13.6. The van der Waals surface area contributed by atoms with Crippen LogP contribution in [0, 0.1) is 22.7 Å². The Bertz CT molecular complexity index is 799. The van der Waals surface area contributed by atoms with Crippen molar-refractivity contribution >= 4 is 11.9 Å². The van der Waals surface area contributed by atoms with Crippen molar-refractivity contribution in [3.63, 3.8) is 0 Å². The van der Waals surface area contributed by atoms with E-state index >= 15 is 0 Å². The highest BCUT2D eigenvalue weighted by Crippen LogP contribution is 2.15. The zero-order chi connectivity index (χ0) is 20.2. The third-order valence-electron chi connectivity index (χ3n) is 3.94. The molecule has 0 unspecified atom stereocenters. The molecule has 0 amide bonds. The summed E-state index contributed by atoms with van der Waals surface area (Å²) < 4.78 is 10.4. The van der Waals surface area contributed by atoms with Crippen molar-refractivity contribution < 1.29 is 19.1 Å². The zero-order valence-electron chi connectivity index (χ0n) is 15.4. The molecule has 6 heteroatoms. The van der Waals surface area contributed by atoms with Gasteiger partial charge in [0.15, 0.2) is 0 Å². The minimum atomic E-state index is -0.315. The highest BCUT2D eigenvalue weighted by atomic mass is 16.5. The highest BCUT2D eigenvalue weighted by molar-refractivity contribution is 5.72. The number of nitriles is 2. The van der Waals surface area contributed by atoms with Crippen LogP contribution < -0.4 is 9.47 Å². The lowest BCUT2D eigenvalue weighted by Crippen LogP contribution is -2.08. The molecule has 0 saturated carbocycles. The standard InChI is InChI=1S/C22H20N2O4/c23-15-17-7-11-19(12-8-17)27-21(25)5-3-1-2-4-6-22(26)28-20-13-9-18(16-24)10-14-20/h7-14H,1-6H2. The molecule has 0 atom stereocenters. The molecule has 0 N–H and O–H groups in total. The second-order valence-electron chi connectivity index (χ2n) is 6.13. The smallest absolute Gasteiger partial charge is 0.311 e. The molecule has 28 heavy (non-hydrogen) atoms. The summed E-state index contributed by atoms with van der Waals surface area (Å²) in [6, 6.07) is 16.8. The topological polar surface area (TPSA) is 100 Å². The van der Waals surface area contributed by atoms with Crippen LogP contribution in [0.1, 0.15) is 49.7 Å². The van der Waals surface area contributed by atoms with Crippen molar-refractivity contribution in [3.05, 3.63) is 59.7 Å². The number of esters is 2. The fourth-order valence-corrected chi connectivity index (χ4v) is 2.45. The Morgan fingerprint density at radius 2 is 1.00 bits per heavy atom. The average Bonchev–Trinajstić information content (AvgIpc) is 2.71. The van der Waals surface area contributed by atoms with Gasteiger partial charge < -0.3 is 9.47 Å². The van der Waals surface area contributed by atoms with Gasteiger partial charge in [0.2, 0.25) is 0 Å².